The molecule has 398 valence electrons. The molecule has 1 unspecified atom stereocenters. The lowest BCUT2D eigenvalue weighted by molar-refractivity contribution is 0.749. The van der Waals surface area contributed by atoms with Crippen molar-refractivity contribution in [2.45, 2.75) is 10.8 Å². The van der Waals surface area contributed by atoms with E-state index in [1.165, 1.54) is 150 Å². The highest BCUT2D eigenvalue weighted by molar-refractivity contribution is 6.13. The SMILES string of the molecule is c1ccc(-c2ccc(-c3ccc(N(c4ccc5c(c4)C4(c6ccccc6-c6ccccc64)c4ccccc4-5)c4ccc(-c5ccc6c(c5)C5(c7ccccc7-6)c6ccccc6-n6c7ccccc7c7cccc5c76)c5ccccc45)cc3)cc2)cc1. The Morgan fingerprint density at radius 3 is 1.29 bits per heavy atom. The fourth-order valence-corrected chi connectivity index (χ4v) is 16.4. The summed E-state index contributed by atoms with van der Waals surface area (Å²) >= 11 is 0. The van der Waals surface area contributed by atoms with Crippen LogP contribution in [0.4, 0.5) is 17.1 Å². The van der Waals surface area contributed by atoms with Gasteiger partial charge in [0.15, 0.2) is 0 Å². The smallest absolute Gasteiger partial charge is 0.0754 e. The highest BCUT2D eigenvalue weighted by Crippen LogP contribution is 2.65. The van der Waals surface area contributed by atoms with Crippen molar-refractivity contribution in [3.63, 3.8) is 0 Å². The molecule has 14 aromatic carbocycles. The molecule has 15 aromatic rings. The van der Waals surface area contributed by atoms with Crippen LogP contribution in [0, 0.1) is 0 Å². The fraction of sp³-hybridized carbons (Fsp3) is 0.0238. The summed E-state index contributed by atoms with van der Waals surface area (Å²) in [5, 5.41) is 4.94. The van der Waals surface area contributed by atoms with Crippen LogP contribution >= 0.6 is 0 Å². The average molecular weight is 1090 g/mol. The molecule has 0 saturated carbocycles. The van der Waals surface area contributed by atoms with E-state index in [0.717, 1.165) is 17.1 Å². The zero-order chi connectivity index (χ0) is 56.2. The van der Waals surface area contributed by atoms with E-state index in [1.807, 2.05) is 0 Å². The Morgan fingerprint density at radius 2 is 0.651 bits per heavy atom. The van der Waals surface area contributed by atoms with E-state index in [4.69, 9.17) is 0 Å². The monoisotopic (exact) mass is 1090 g/mol. The molecule has 0 radical (unpaired) electrons. The van der Waals surface area contributed by atoms with Crippen molar-refractivity contribution in [1.29, 1.82) is 0 Å². The fourth-order valence-electron chi connectivity index (χ4n) is 16.4. The van der Waals surface area contributed by atoms with Gasteiger partial charge in [0.25, 0.3) is 0 Å². The van der Waals surface area contributed by atoms with Crippen molar-refractivity contribution in [2.24, 2.45) is 0 Å². The van der Waals surface area contributed by atoms with Crippen LogP contribution in [-0.2, 0) is 10.8 Å². The minimum absolute atomic E-state index is 0.492. The molecule has 3 aliphatic carbocycles. The van der Waals surface area contributed by atoms with Crippen LogP contribution in [0.2, 0.25) is 0 Å². The molecule has 86 heavy (non-hydrogen) atoms. The van der Waals surface area contributed by atoms with Gasteiger partial charge in [0.2, 0.25) is 0 Å². The molecular formula is C84H52N2. The molecule has 0 bridgehead atoms. The maximum atomic E-state index is 2.54. The Kier molecular flexibility index (Phi) is 9.78. The Bertz CT molecular complexity index is 5290. The molecule has 0 saturated heterocycles. The Labute approximate surface area is 499 Å². The van der Waals surface area contributed by atoms with E-state index in [-0.39, 0.29) is 0 Å². The second kappa shape index (κ2) is 17.7. The number of nitrogens with zero attached hydrogens (tertiary/aromatic N) is 2. The summed E-state index contributed by atoms with van der Waals surface area (Å²) in [5.41, 5.74) is 31.5. The highest BCUT2D eigenvalue weighted by atomic mass is 15.1. The minimum Gasteiger partial charge on any atom is -0.310 e. The van der Waals surface area contributed by atoms with Gasteiger partial charge in [0, 0.05) is 27.5 Å². The number of fused-ring (bicyclic) bond motifs is 23. The van der Waals surface area contributed by atoms with Crippen molar-refractivity contribution in [3.8, 4) is 72.4 Å². The largest absolute Gasteiger partial charge is 0.310 e. The summed E-state index contributed by atoms with van der Waals surface area (Å²) in [5.74, 6) is 0. The number of anilines is 3. The van der Waals surface area contributed by atoms with E-state index < -0.39 is 10.8 Å². The molecule has 1 aromatic heterocycles. The molecule has 2 spiro atoms. The predicted octanol–water partition coefficient (Wildman–Crippen LogP) is 21.4. The van der Waals surface area contributed by atoms with E-state index in [2.05, 4.69) is 325 Å². The number of hydrogen-bond acceptors (Lipinski definition) is 1. The average Bonchev–Trinajstić information content (AvgIpc) is 1.50. The van der Waals surface area contributed by atoms with E-state index in [9.17, 15) is 0 Å². The Hall–Kier alpha value is -11.1. The number of hydrogen-bond donors (Lipinski definition) is 0. The lowest BCUT2D eigenvalue weighted by atomic mass is 9.65. The molecule has 1 aliphatic heterocycles. The third-order valence-electron chi connectivity index (χ3n) is 19.8. The number of rotatable bonds is 6. The van der Waals surface area contributed by atoms with Crippen LogP contribution in [0.25, 0.3) is 105 Å². The molecule has 4 aliphatic rings. The van der Waals surface area contributed by atoms with Crippen LogP contribution in [0.1, 0.15) is 44.5 Å². The molecule has 2 heterocycles. The van der Waals surface area contributed by atoms with Gasteiger partial charge in [-0.15, -0.1) is 0 Å². The van der Waals surface area contributed by atoms with E-state index in [1.54, 1.807) is 0 Å². The first-order valence-corrected chi connectivity index (χ1v) is 30.1. The number of benzene rings is 14. The quantitative estimate of drug-likeness (QED) is 0.161. The number of para-hydroxylation sites is 3. The van der Waals surface area contributed by atoms with Crippen molar-refractivity contribution < 1.29 is 0 Å². The molecule has 2 heteroatoms. The van der Waals surface area contributed by atoms with Crippen LogP contribution in [0.5, 0.6) is 0 Å². The minimum atomic E-state index is -0.560. The zero-order valence-corrected chi connectivity index (χ0v) is 46.9. The second-order valence-electron chi connectivity index (χ2n) is 23.7. The normalized spacial score (nSPS) is 14.9. The second-order valence-corrected chi connectivity index (χ2v) is 23.7. The number of aromatic nitrogens is 1. The van der Waals surface area contributed by atoms with Crippen LogP contribution < -0.4 is 4.90 Å². The maximum Gasteiger partial charge on any atom is 0.0754 e. The molecular weight excluding hydrogens is 1040 g/mol. The van der Waals surface area contributed by atoms with Crippen LogP contribution in [0.15, 0.2) is 315 Å². The molecule has 0 N–H and O–H groups in total. The van der Waals surface area contributed by atoms with Gasteiger partial charge in [-0.3, -0.25) is 0 Å². The van der Waals surface area contributed by atoms with Crippen molar-refractivity contribution in [1.82, 2.24) is 4.57 Å². The Morgan fingerprint density at radius 1 is 0.233 bits per heavy atom. The first-order chi connectivity index (χ1) is 42.7. The lowest BCUT2D eigenvalue weighted by Gasteiger charge is -2.39. The standard InChI is InChI=1S/C84H52N2/c1-2-19-53(20-3-1)54-37-39-55(40-38-54)56-41-44-58(45-42-56)85(59-46-48-67-65-25-8-13-31-73(65)83(78(67)52-59)71-29-11-6-22-62(71)63-23-7-12-30-72(63)83)80-50-49-60(61-21-4-5-26-68(61)80)57-43-47-66-64-24-9-14-32-74(64)84(77(66)51-57)75-33-15-17-36-81(75)86-79-35-16-10-27-69(79)70-28-18-34-76(84)82(70)86/h1-52H. The summed E-state index contributed by atoms with van der Waals surface area (Å²) in [6, 6.07) is 119. The summed E-state index contributed by atoms with van der Waals surface area (Å²) in [6.45, 7) is 0. The summed E-state index contributed by atoms with van der Waals surface area (Å²) in [4.78, 5) is 2.52. The van der Waals surface area contributed by atoms with Crippen LogP contribution in [-0.4, -0.2) is 4.57 Å². The van der Waals surface area contributed by atoms with Gasteiger partial charge in [-0.25, -0.2) is 0 Å². The van der Waals surface area contributed by atoms with Crippen molar-refractivity contribution in [3.05, 3.63) is 360 Å². The highest BCUT2D eigenvalue weighted by Gasteiger charge is 2.53. The van der Waals surface area contributed by atoms with Crippen LogP contribution in [0.3, 0.4) is 0 Å². The van der Waals surface area contributed by atoms with Crippen molar-refractivity contribution in [2.75, 3.05) is 4.90 Å². The molecule has 0 amide bonds. The van der Waals surface area contributed by atoms with Gasteiger partial charge in [-0.1, -0.05) is 267 Å². The van der Waals surface area contributed by atoms with Crippen molar-refractivity contribution >= 4 is 49.6 Å². The van der Waals surface area contributed by atoms with Gasteiger partial charge < -0.3 is 9.47 Å². The zero-order valence-electron chi connectivity index (χ0n) is 46.9. The third-order valence-corrected chi connectivity index (χ3v) is 19.8. The van der Waals surface area contributed by atoms with Gasteiger partial charge >= 0.3 is 0 Å². The molecule has 1 atom stereocenters. The van der Waals surface area contributed by atoms with E-state index in [0.29, 0.717) is 0 Å². The maximum absolute atomic E-state index is 2.54. The first kappa shape index (κ1) is 47.4. The summed E-state index contributed by atoms with van der Waals surface area (Å²) in [6.07, 6.45) is 0. The third kappa shape index (κ3) is 6.19. The topological polar surface area (TPSA) is 8.17 Å². The van der Waals surface area contributed by atoms with Gasteiger partial charge in [-0.05, 0) is 165 Å². The summed E-state index contributed by atoms with van der Waals surface area (Å²) in [7, 11) is 0. The first-order valence-electron chi connectivity index (χ1n) is 30.1. The van der Waals surface area contributed by atoms with Gasteiger partial charge in [0.1, 0.15) is 0 Å². The van der Waals surface area contributed by atoms with E-state index >= 15 is 0 Å². The van der Waals surface area contributed by atoms with Gasteiger partial charge in [-0.2, -0.15) is 0 Å². The summed E-state index contributed by atoms with van der Waals surface area (Å²) < 4.78 is 2.53. The lowest BCUT2D eigenvalue weighted by Crippen LogP contribution is -2.33. The Balaban J connectivity index is 0.814. The molecule has 0 fully saturated rings. The molecule has 19 rings (SSSR count). The molecule has 2 nitrogen and oxygen atoms in total. The van der Waals surface area contributed by atoms with Gasteiger partial charge in [0.05, 0.1) is 33.2 Å². The predicted molar refractivity (Wildman–Crippen MR) is 356 cm³/mol.